The number of carbonyl (C=O) groups excluding carboxylic acids is 1. The van der Waals surface area contributed by atoms with Crippen molar-refractivity contribution < 1.29 is 9.53 Å². The van der Waals surface area contributed by atoms with Gasteiger partial charge in [-0.2, -0.15) is 0 Å². The van der Waals surface area contributed by atoms with E-state index in [4.69, 9.17) is 10.5 Å². The molecular weight excluding hydrogens is 329 g/mol. The summed E-state index contributed by atoms with van der Waals surface area (Å²) in [5.41, 5.74) is 6.38. The molecule has 0 amide bonds. The Hall–Kier alpha value is -0.620. The second-order valence-electron chi connectivity index (χ2n) is 4.97. The smallest absolute Gasteiger partial charge is 0.323 e. The first-order valence-electron chi connectivity index (χ1n) is 5.51. The number of benzene rings is 1. The van der Waals surface area contributed by atoms with Crippen LogP contribution in [-0.2, 0) is 16.0 Å². The van der Waals surface area contributed by atoms with Crippen LogP contribution in [0.5, 0.6) is 0 Å². The fraction of sp³-hybridized carbons (Fsp3) is 0.462. The Morgan fingerprint density at radius 3 is 2.35 bits per heavy atom. The Morgan fingerprint density at radius 1 is 1.35 bits per heavy atom. The highest BCUT2D eigenvalue weighted by atomic mass is 127. The third-order valence-electron chi connectivity index (χ3n) is 2.08. The third-order valence-corrected chi connectivity index (χ3v) is 2.80. The standard InChI is InChI=1S/C13H18INO2/c1-13(2,3)17-12(16)11(15)8-9-4-6-10(14)7-5-9/h4-7,11H,8,15H2,1-3H3/t11-/m0/s1. The first kappa shape index (κ1) is 14.4. The van der Waals surface area contributed by atoms with Gasteiger partial charge in [-0.3, -0.25) is 4.79 Å². The lowest BCUT2D eigenvalue weighted by Crippen LogP contribution is -2.38. The molecule has 94 valence electrons. The summed E-state index contributed by atoms with van der Waals surface area (Å²) in [6.45, 7) is 5.51. The Labute approximate surface area is 116 Å². The van der Waals surface area contributed by atoms with Gasteiger partial charge in [0.25, 0.3) is 0 Å². The summed E-state index contributed by atoms with van der Waals surface area (Å²) < 4.78 is 6.39. The van der Waals surface area contributed by atoms with Crippen LogP contribution in [0.4, 0.5) is 0 Å². The van der Waals surface area contributed by atoms with Gasteiger partial charge in [0, 0.05) is 3.57 Å². The van der Waals surface area contributed by atoms with Crippen LogP contribution in [-0.4, -0.2) is 17.6 Å². The van der Waals surface area contributed by atoms with Crippen LogP contribution in [0.2, 0.25) is 0 Å². The number of hydrogen-bond donors (Lipinski definition) is 1. The molecule has 1 rings (SSSR count). The minimum atomic E-state index is -0.603. The fourth-order valence-corrected chi connectivity index (χ4v) is 1.69. The van der Waals surface area contributed by atoms with Gasteiger partial charge < -0.3 is 10.5 Å². The van der Waals surface area contributed by atoms with E-state index >= 15 is 0 Å². The monoisotopic (exact) mass is 347 g/mol. The highest BCUT2D eigenvalue weighted by molar-refractivity contribution is 14.1. The van der Waals surface area contributed by atoms with E-state index in [-0.39, 0.29) is 5.97 Å². The Balaban J connectivity index is 2.57. The van der Waals surface area contributed by atoms with Gasteiger partial charge in [-0.25, -0.2) is 0 Å². The number of halogens is 1. The molecule has 0 aromatic heterocycles. The minimum absolute atomic E-state index is 0.351. The molecule has 1 aromatic carbocycles. The van der Waals surface area contributed by atoms with E-state index in [0.717, 1.165) is 9.13 Å². The lowest BCUT2D eigenvalue weighted by molar-refractivity contribution is -0.156. The van der Waals surface area contributed by atoms with Gasteiger partial charge in [-0.1, -0.05) is 12.1 Å². The lowest BCUT2D eigenvalue weighted by atomic mass is 10.1. The van der Waals surface area contributed by atoms with E-state index < -0.39 is 11.6 Å². The molecule has 0 unspecified atom stereocenters. The molecule has 0 aliphatic rings. The SMILES string of the molecule is CC(C)(C)OC(=O)[C@@H](N)Cc1ccc(I)cc1. The fourth-order valence-electron chi connectivity index (χ4n) is 1.34. The molecular formula is C13H18INO2. The van der Waals surface area contributed by atoms with Gasteiger partial charge >= 0.3 is 5.97 Å². The van der Waals surface area contributed by atoms with Crippen LogP contribution >= 0.6 is 22.6 Å². The van der Waals surface area contributed by atoms with Gasteiger partial charge in [0.05, 0.1) is 0 Å². The van der Waals surface area contributed by atoms with Gasteiger partial charge in [0.2, 0.25) is 0 Å². The summed E-state index contributed by atoms with van der Waals surface area (Å²) in [4.78, 5) is 11.7. The second-order valence-corrected chi connectivity index (χ2v) is 6.22. The molecule has 0 saturated heterocycles. The van der Waals surface area contributed by atoms with Crippen molar-refractivity contribution >= 4 is 28.6 Å². The summed E-state index contributed by atoms with van der Waals surface area (Å²) in [6, 6.07) is 7.35. The van der Waals surface area contributed by atoms with E-state index in [1.807, 2.05) is 45.0 Å². The van der Waals surface area contributed by atoms with Crippen molar-refractivity contribution in [3.63, 3.8) is 0 Å². The van der Waals surface area contributed by atoms with E-state index in [9.17, 15) is 4.79 Å². The van der Waals surface area contributed by atoms with Gasteiger partial charge in [-0.05, 0) is 67.5 Å². The van der Waals surface area contributed by atoms with Crippen LogP contribution in [0.3, 0.4) is 0 Å². The molecule has 0 radical (unpaired) electrons. The number of hydrogen-bond acceptors (Lipinski definition) is 3. The third kappa shape index (κ3) is 5.50. The van der Waals surface area contributed by atoms with Crippen molar-refractivity contribution in [1.29, 1.82) is 0 Å². The molecule has 1 atom stereocenters. The summed E-state index contributed by atoms with van der Waals surface area (Å²) >= 11 is 2.24. The maximum absolute atomic E-state index is 11.7. The molecule has 17 heavy (non-hydrogen) atoms. The van der Waals surface area contributed by atoms with E-state index in [1.165, 1.54) is 0 Å². The number of ether oxygens (including phenoxy) is 1. The zero-order valence-electron chi connectivity index (χ0n) is 10.4. The predicted molar refractivity (Wildman–Crippen MR) is 76.7 cm³/mol. The van der Waals surface area contributed by atoms with E-state index in [1.54, 1.807) is 0 Å². The molecule has 1 aromatic rings. The molecule has 0 heterocycles. The second kappa shape index (κ2) is 5.82. The number of rotatable bonds is 3. The maximum atomic E-state index is 11.7. The Bertz CT molecular complexity index is 381. The molecule has 4 heteroatoms. The topological polar surface area (TPSA) is 52.3 Å². The van der Waals surface area contributed by atoms with Crippen molar-refractivity contribution in [3.05, 3.63) is 33.4 Å². The molecule has 0 bridgehead atoms. The predicted octanol–water partition coefficient (Wildman–Crippen LogP) is 2.50. The summed E-state index contributed by atoms with van der Waals surface area (Å²) in [7, 11) is 0. The zero-order valence-corrected chi connectivity index (χ0v) is 12.5. The summed E-state index contributed by atoms with van der Waals surface area (Å²) in [5, 5.41) is 0. The largest absolute Gasteiger partial charge is 0.459 e. The molecule has 3 nitrogen and oxygen atoms in total. The highest BCUT2D eigenvalue weighted by Gasteiger charge is 2.22. The molecule has 0 aliphatic heterocycles. The Kier molecular flexibility index (Phi) is 4.94. The van der Waals surface area contributed by atoms with E-state index in [0.29, 0.717) is 6.42 Å². The number of carbonyl (C=O) groups is 1. The Morgan fingerprint density at radius 2 is 1.88 bits per heavy atom. The maximum Gasteiger partial charge on any atom is 0.323 e. The van der Waals surface area contributed by atoms with Crippen molar-refractivity contribution in [3.8, 4) is 0 Å². The molecule has 0 aliphatic carbocycles. The van der Waals surface area contributed by atoms with Crippen molar-refractivity contribution in [1.82, 2.24) is 0 Å². The first-order valence-corrected chi connectivity index (χ1v) is 6.59. The van der Waals surface area contributed by atoms with Crippen LogP contribution < -0.4 is 5.73 Å². The average molecular weight is 347 g/mol. The van der Waals surface area contributed by atoms with Gasteiger partial charge in [-0.15, -0.1) is 0 Å². The normalized spacial score (nSPS) is 13.2. The molecule has 2 N–H and O–H groups in total. The van der Waals surface area contributed by atoms with Crippen molar-refractivity contribution in [2.45, 2.75) is 38.8 Å². The van der Waals surface area contributed by atoms with Gasteiger partial charge in [0.1, 0.15) is 11.6 Å². The molecule has 0 spiro atoms. The van der Waals surface area contributed by atoms with Crippen LogP contribution in [0.25, 0.3) is 0 Å². The van der Waals surface area contributed by atoms with E-state index in [2.05, 4.69) is 22.6 Å². The molecule has 0 saturated carbocycles. The van der Waals surface area contributed by atoms with Crippen LogP contribution in [0.1, 0.15) is 26.3 Å². The highest BCUT2D eigenvalue weighted by Crippen LogP contribution is 2.11. The lowest BCUT2D eigenvalue weighted by Gasteiger charge is -2.22. The summed E-state index contributed by atoms with van der Waals surface area (Å²) in [6.07, 6.45) is 0.506. The number of nitrogens with two attached hydrogens (primary N) is 1. The van der Waals surface area contributed by atoms with Crippen molar-refractivity contribution in [2.24, 2.45) is 5.73 Å². The van der Waals surface area contributed by atoms with Crippen LogP contribution in [0.15, 0.2) is 24.3 Å². The first-order chi connectivity index (χ1) is 7.78. The number of esters is 1. The molecule has 0 fully saturated rings. The van der Waals surface area contributed by atoms with Crippen molar-refractivity contribution in [2.75, 3.05) is 0 Å². The van der Waals surface area contributed by atoms with Gasteiger partial charge in [0.15, 0.2) is 0 Å². The van der Waals surface area contributed by atoms with Crippen LogP contribution in [0, 0.1) is 3.57 Å². The average Bonchev–Trinajstić information content (AvgIpc) is 2.19. The zero-order chi connectivity index (χ0) is 13.1. The quantitative estimate of drug-likeness (QED) is 0.675. The summed E-state index contributed by atoms with van der Waals surface area (Å²) in [5.74, 6) is -0.351. The minimum Gasteiger partial charge on any atom is -0.459 e.